The average Bonchev–Trinajstić information content (AvgIpc) is 2.95. The first-order valence-electron chi connectivity index (χ1n) is 13.9. The van der Waals surface area contributed by atoms with Gasteiger partial charge in [0, 0.05) is 6.92 Å². The second kappa shape index (κ2) is 36.0. The number of esters is 1. The molecular formula is C26H52O14. The molecule has 0 unspecified atom stereocenters. The van der Waals surface area contributed by atoms with Crippen molar-refractivity contribution >= 4 is 5.97 Å². The van der Waals surface area contributed by atoms with E-state index < -0.39 is 0 Å². The van der Waals surface area contributed by atoms with E-state index in [1.807, 2.05) is 0 Å². The maximum Gasteiger partial charge on any atom is 0.302 e. The molecule has 0 aliphatic heterocycles. The minimum absolute atomic E-state index is 0.0230. The number of aliphatic hydroxyl groups excluding tert-OH is 1. The monoisotopic (exact) mass is 588 g/mol. The molecular weight excluding hydrogens is 536 g/mol. The zero-order chi connectivity index (χ0) is 29.0. The van der Waals surface area contributed by atoms with E-state index in [1.54, 1.807) is 0 Å². The van der Waals surface area contributed by atoms with Gasteiger partial charge in [0.2, 0.25) is 0 Å². The lowest BCUT2D eigenvalue weighted by molar-refractivity contribution is -0.142. The van der Waals surface area contributed by atoms with Crippen LogP contribution in [0.2, 0.25) is 0 Å². The Morgan fingerprint density at radius 3 is 0.700 bits per heavy atom. The number of carbonyl (C=O) groups excluding carboxylic acids is 1. The fourth-order valence-corrected chi connectivity index (χ4v) is 2.61. The number of rotatable bonds is 35. The van der Waals surface area contributed by atoms with Crippen molar-refractivity contribution in [1.29, 1.82) is 0 Å². The Kier molecular flexibility index (Phi) is 35.1. The van der Waals surface area contributed by atoms with E-state index >= 15 is 0 Å². The van der Waals surface area contributed by atoms with Crippen molar-refractivity contribution in [2.45, 2.75) is 6.92 Å². The number of aliphatic hydroxyl groups is 1. The molecule has 14 nitrogen and oxygen atoms in total. The third-order valence-corrected chi connectivity index (χ3v) is 4.49. The normalized spacial score (nSPS) is 11.3. The predicted octanol–water partition coefficient (Wildman–Crippen LogP) is -0.276. The molecule has 0 aliphatic carbocycles. The second-order valence-electron chi connectivity index (χ2n) is 7.80. The smallest absolute Gasteiger partial charge is 0.302 e. The fourth-order valence-electron chi connectivity index (χ4n) is 2.61. The first kappa shape index (κ1) is 39.0. The summed E-state index contributed by atoms with van der Waals surface area (Å²) in [6.45, 7) is 12.1. The summed E-state index contributed by atoms with van der Waals surface area (Å²) in [6, 6.07) is 0. The quantitative estimate of drug-likeness (QED) is 0.0764. The van der Waals surface area contributed by atoms with Gasteiger partial charge in [-0.05, 0) is 0 Å². The van der Waals surface area contributed by atoms with Crippen LogP contribution in [0.15, 0.2) is 0 Å². The zero-order valence-electron chi connectivity index (χ0n) is 24.2. The van der Waals surface area contributed by atoms with E-state index in [0.717, 1.165) is 0 Å². The highest BCUT2D eigenvalue weighted by molar-refractivity contribution is 5.65. The van der Waals surface area contributed by atoms with Gasteiger partial charge in [0.25, 0.3) is 0 Å². The molecule has 0 aromatic heterocycles. The van der Waals surface area contributed by atoms with Crippen LogP contribution in [0.3, 0.4) is 0 Å². The predicted molar refractivity (Wildman–Crippen MR) is 143 cm³/mol. The molecule has 0 atom stereocenters. The minimum atomic E-state index is -0.313. The van der Waals surface area contributed by atoms with Gasteiger partial charge in [0.15, 0.2) is 0 Å². The second-order valence-corrected chi connectivity index (χ2v) is 7.80. The molecule has 14 heteroatoms. The van der Waals surface area contributed by atoms with Gasteiger partial charge in [-0.2, -0.15) is 0 Å². The van der Waals surface area contributed by atoms with E-state index in [1.165, 1.54) is 6.92 Å². The van der Waals surface area contributed by atoms with Crippen LogP contribution in [0.1, 0.15) is 6.92 Å². The molecule has 40 heavy (non-hydrogen) atoms. The van der Waals surface area contributed by atoms with Crippen molar-refractivity contribution in [2.75, 3.05) is 159 Å². The Bertz CT molecular complexity index is 486. The zero-order valence-corrected chi connectivity index (χ0v) is 24.2. The molecule has 1 N–H and O–H groups in total. The fraction of sp³-hybridized carbons (Fsp3) is 0.962. The van der Waals surface area contributed by atoms with Crippen molar-refractivity contribution in [1.82, 2.24) is 0 Å². The highest BCUT2D eigenvalue weighted by atomic mass is 16.6. The van der Waals surface area contributed by atoms with Gasteiger partial charge in [-0.15, -0.1) is 0 Å². The van der Waals surface area contributed by atoms with Crippen LogP contribution in [-0.2, 0) is 61.6 Å². The highest BCUT2D eigenvalue weighted by Gasteiger charge is 1.97. The summed E-state index contributed by atoms with van der Waals surface area (Å²) in [5.74, 6) is -0.313. The molecule has 0 spiro atoms. The molecule has 0 aromatic carbocycles. The molecule has 0 radical (unpaired) electrons. The molecule has 0 rings (SSSR count). The Hall–Kier alpha value is -1.01. The van der Waals surface area contributed by atoms with E-state index in [-0.39, 0.29) is 19.2 Å². The maximum atomic E-state index is 10.6. The third-order valence-electron chi connectivity index (χ3n) is 4.49. The van der Waals surface area contributed by atoms with Gasteiger partial charge in [0.05, 0.1) is 152 Å². The van der Waals surface area contributed by atoms with Gasteiger partial charge >= 0.3 is 5.97 Å². The van der Waals surface area contributed by atoms with Crippen molar-refractivity contribution in [2.24, 2.45) is 0 Å². The van der Waals surface area contributed by atoms with Gasteiger partial charge in [-0.3, -0.25) is 4.79 Å². The van der Waals surface area contributed by atoms with E-state index in [0.29, 0.717) is 145 Å². The molecule has 0 bridgehead atoms. The Morgan fingerprint density at radius 1 is 0.350 bits per heavy atom. The standard InChI is InChI=1S/C26H52O14/c1-26(28)40-25-24-39-23-22-38-21-20-37-19-18-36-17-16-35-15-14-34-13-12-33-11-10-32-9-8-31-7-6-30-5-4-29-3-2-27/h27H,2-25H2,1H3. The summed E-state index contributed by atoms with van der Waals surface area (Å²) in [5.41, 5.74) is 0. The molecule has 0 amide bonds. The van der Waals surface area contributed by atoms with Crippen molar-refractivity contribution in [3.63, 3.8) is 0 Å². The van der Waals surface area contributed by atoms with Crippen molar-refractivity contribution in [3.8, 4) is 0 Å². The summed E-state index contributed by atoms with van der Waals surface area (Å²) in [7, 11) is 0. The molecule has 0 fully saturated rings. The first-order chi connectivity index (χ1) is 19.8. The van der Waals surface area contributed by atoms with Gasteiger partial charge in [0.1, 0.15) is 6.61 Å². The first-order valence-corrected chi connectivity index (χ1v) is 13.9. The van der Waals surface area contributed by atoms with Crippen LogP contribution in [0.5, 0.6) is 0 Å². The molecule has 0 aromatic rings. The van der Waals surface area contributed by atoms with Crippen LogP contribution in [-0.4, -0.2) is 170 Å². The van der Waals surface area contributed by atoms with E-state index in [9.17, 15) is 4.79 Å². The lowest BCUT2D eigenvalue weighted by Crippen LogP contribution is -2.15. The summed E-state index contributed by atoms with van der Waals surface area (Å²) in [5, 5.41) is 8.56. The number of hydrogen-bond acceptors (Lipinski definition) is 14. The molecule has 0 heterocycles. The van der Waals surface area contributed by atoms with Crippen molar-refractivity contribution < 1.29 is 66.7 Å². The summed E-state index contributed by atoms with van der Waals surface area (Å²) < 4.78 is 63.7. The van der Waals surface area contributed by atoms with Crippen LogP contribution < -0.4 is 0 Å². The van der Waals surface area contributed by atoms with Crippen LogP contribution in [0.25, 0.3) is 0 Å². The van der Waals surface area contributed by atoms with E-state index in [4.69, 9.17) is 61.9 Å². The van der Waals surface area contributed by atoms with Gasteiger partial charge in [-0.1, -0.05) is 0 Å². The highest BCUT2D eigenvalue weighted by Crippen LogP contribution is 1.87. The lowest BCUT2D eigenvalue weighted by Gasteiger charge is -2.09. The maximum absolute atomic E-state index is 10.6. The lowest BCUT2D eigenvalue weighted by atomic mass is 10.6. The number of hydrogen-bond donors (Lipinski definition) is 1. The van der Waals surface area contributed by atoms with Gasteiger partial charge < -0.3 is 61.9 Å². The summed E-state index contributed by atoms with van der Waals surface area (Å²) >= 11 is 0. The summed E-state index contributed by atoms with van der Waals surface area (Å²) in [4.78, 5) is 10.6. The topological polar surface area (TPSA) is 148 Å². The summed E-state index contributed by atoms with van der Waals surface area (Å²) in [6.07, 6.45) is 0. The molecule has 0 saturated carbocycles. The Morgan fingerprint density at radius 2 is 0.525 bits per heavy atom. The van der Waals surface area contributed by atoms with Crippen LogP contribution in [0, 0.1) is 0 Å². The third kappa shape index (κ3) is 37.0. The number of ether oxygens (including phenoxy) is 12. The molecule has 0 aliphatic rings. The van der Waals surface area contributed by atoms with Crippen LogP contribution in [0.4, 0.5) is 0 Å². The minimum Gasteiger partial charge on any atom is -0.463 e. The Balaban J connectivity index is 3.03. The van der Waals surface area contributed by atoms with E-state index in [2.05, 4.69) is 0 Å². The molecule has 240 valence electrons. The van der Waals surface area contributed by atoms with Gasteiger partial charge in [-0.25, -0.2) is 0 Å². The van der Waals surface area contributed by atoms with Crippen molar-refractivity contribution in [3.05, 3.63) is 0 Å². The Labute approximate surface area is 238 Å². The molecule has 0 saturated heterocycles. The largest absolute Gasteiger partial charge is 0.463 e. The van der Waals surface area contributed by atoms with Crippen LogP contribution >= 0.6 is 0 Å². The number of carbonyl (C=O) groups is 1. The SMILES string of the molecule is CC(=O)OCCOCCOCCOCCOCCOCCOCCOCCOCCOCCOCCOCCO. The average molecular weight is 589 g/mol.